The topological polar surface area (TPSA) is 37.4 Å². The fourth-order valence-electron chi connectivity index (χ4n) is 2.91. The van der Waals surface area contributed by atoms with Crippen LogP contribution >= 0.6 is 11.3 Å². The van der Waals surface area contributed by atoms with Gasteiger partial charge < -0.3 is 4.90 Å². The zero-order valence-electron chi connectivity index (χ0n) is 13.4. The van der Waals surface area contributed by atoms with Crippen LogP contribution in [0.15, 0.2) is 12.1 Å². The molecule has 1 aliphatic rings. The van der Waals surface area contributed by atoms with Crippen molar-refractivity contribution in [1.29, 1.82) is 0 Å². The molecule has 1 aromatic heterocycles. The summed E-state index contributed by atoms with van der Waals surface area (Å²) < 4.78 is 0. The highest BCUT2D eigenvalue weighted by Crippen LogP contribution is 2.34. The molecule has 116 valence electrons. The highest BCUT2D eigenvalue weighted by molar-refractivity contribution is 7.14. The summed E-state index contributed by atoms with van der Waals surface area (Å²) in [4.78, 5) is 28.2. The standard InChI is InChI=1S/C17H25NO2S/c1-12-5-7-15(21-12)14(19)11-18-10-9-13(17(2,3)4)6-8-16(18)20/h5,7,13H,6,8-11H2,1-4H3. The lowest BCUT2D eigenvalue weighted by molar-refractivity contribution is -0.130. The maximum Gasteiger partial charge on any atom is 0.222 e. The van der Waals surface area contributed by atoms with Gasteiger partial charge in [0, 0.05) is 17.8 Å². The first-order valence-corrected chi connectivity index (χ1v) is 8.46. The summed E-state index contributed by atoms with van der Waals surface area (Å²) in [7, 11) is 0. The highest BCUT2D eigenvalue weighted by Gasteiger charge is 2.30. The highest BCUT2D eigenvalue weighted by atomic mass is 32.1. The summed E-state index contributed by atoms with van der Waals surface area (Å²) in [6.45, 7) is 9.63. The fraction of sp³-hybridized carbons (Fsp3) is 0.647. The molecule has 0 aliphatic carbocycles. The summed E-state index contributed by atoms with van der Waals surface area (Å²) in [5.74, 6) is 0.740. The lowest BCUT2D eigenvalue weighted by atomic mass is 9.77. The average Bonchev–Trinajstić information content (AvgIpc) is 2.73. The Morgan fingerprint density at radius 3 is 2.62 bits per heavy atom. The maximum atomic E-state index is 12.3. The van der Waals surface area contributed by atoms with E-state index in [1.165, 1.54) is 11.3 Å². The van der Waals surface area contributed by atoms with E-state index in [9.17, 15) is 9.59 Å². The van der Waals surface area contributed by atoms with Crippen molar-refractivity contribution in [3.63, 3.8) is 0 Å². The minimum Gasteiger partial charge on any atom is -0.335 e. The third-order valence-electron chi connectivity index (χ3n) is 4.38. The zero-order chi connectivity index (χ0) is 15.6. The molecule has 0 saturated carbocycles. The molecule has 4 heteroatoms. The van der Waals surface area contributed by atoms with Crippen molar-refractivity contribution in [3.8, 4) is 0 Å². The molecule has 0 aromatic carbocycles. The van der Waals surface area contributed by atoms with Crippen molar-refractivity contribution in [2.75, 3.05) is 13.1 Å². The van der Waals surface area contributed by atoms with Gasteiger partial charge in [0.25, 0.3) is 0 Å². The van der Waals surface area contributed by atoms with Crippen LogP contribution in [0, 0.1) is 18.3 Å². The lowest BCUT2D eigenvalue weighted by Crippen LogP contribution is -2.35. The van der Waals surface area contributed by atoms with Crippen LogP contribution in [0.1, 0.15) is 54.6 Å². The third kappa shape index (κ3) is 4.16. The Bertz CT molecular complexity index is 527. The summed E-state index contributed by atoms with van der Waals surface area (Å²) in [6, 6.07) is 3.82. The first kappa shape index (κ1) is 16.2. The normalized spacial score (nSPS) is 20.5. The van der Waals surface area contributed by atoms with Crippen LogP contribution in [0.25, 0.3) is 0 Å². The van der Waals surface area contributed by atoms with E-state index < -0.39 is 0 Å². The number of nitrogens with zero attached hydrogens (tertiary/aromatic N) is 1. The van der Waals surface area contributed by atoms with Crippen molar-refractivity contribution in [3.05, 3.63) is 21.9 Å². The molecule has 1 fully saturated rings. The van der Waals surface area contributed by atoms with Crippen LogP contribution in [0.4, 0.5) is 0 Å². The molecule has 1 aromatic rings. The Kier molecular flexibility index (Phi) is 4.87. The minimum absolute atomic E-state index is 0.0654. The van der Waals surface area contributed by atoms with Gasteiger partial charge in [-0.3, -0.25) is 9.59 Å². The molecular formula is C17H25NO2S. The number of amides is 1. The molecule has 0 N–H and O–H groups in total. The number of Topliss-reactive ketones (excluding diaryl/α,β-unsaturated/α-hetero) is 1. The molecule has 1 saturated heterocycles. The predicted molar refractivity (Wildman–Crippen MR) is 86.8 cm³/mol. The van der Waals surface area contributed by atoms with Crippen LogP contribution in [-0.2, 0) is 4.79 Å². The second kappa shape index (κ2) is 6.30. The van der Waals surface area contributed by atoms with Crippen LogP contribution in [-0.4, -0.2) is 29.7 Å². The van der Waals surface area contributed by atoms with E-state index in [0.29, 0.717) is 18.9 Å². The number of ketones is 1. The second-order valence-corrected chi connectivity index (χ2v) is 8.33. The van der Waals surface area contributed by atoms with Gasteiger partial charge in [-0.05, 0) is 43.2 Å². The van der Waals surface area contributed by atoms with Gasteiger partial charge in [-0.1, -0.05) is 20.8 Å². The number of hydrogen-bond donors (Lipinski definition) is 0. The van der Waals surface area contributed by atoms with E-state index in [1.807, 2.05) is 19.1 Å². The number of hydrogen-bond acceptors (Lipinski definition) is 3. The molecule has 0 radical (unpaired) electrons. The number of carbonyl (C=O) groups excluding carboxylic acids is 2. The molecule has 0 bridgehead atoms. The van der Waals surface area contributed by atoms with Gasteiger partial charge in [0.1, 0.15) is 0 Å². The van der Waals surface area contributed by atoms with Gasteiger partial charge in [0.05, 0.1) is 11.4 Å². The third-order valence-corrected chi connectivity index (χ3v) is 5.42. The van der Waals surface area contributed by atoms with Crippen molar-refractivity contribution in [1.82, 2.24) is 4.90 Å². The summed E-state index contributed by atoms with van der Waals surface area (Å²) in [5.41, 5.74) is 0.227. The van der Waals surface area contributed by atoms with Gasteiger partial charge in [0.2, 0.25) is 5.91 Å². The van der Waals surface area contributed by atoms with Crippen LogP contribution in [0.2, 0.25) is 0 Å². The Labute approximate surface area is 131 Å². The van der Waals surface area contributed by atoms with E-state index in [2.05, 4.69) is 20.8 Å². The number of rotatable bonds is 3. The first-order chi connectivity index (χ1) is 9.77. The van der Waals surface area contributed by atoms with E-state index in [1.54, 1.807) is 4.90 Å². The number of carbonyl (C=O) groups is 2. The first-order valence-electron chi connectivity index (χ1n) is 7.65. The predicted octanol–water partition coefficient (Wildman–Crippen LogP) is 3.91. The molecule has 3 nitrogen and oxygen atoms in total. The summed E-state index contributed by atoms with van der Waals surface area (Å²) in [6.07, 6.45) is 2.50. The summed E-state index contributed by atoms with van der Waals surface area (Å²) in [5, 5.41) is 0. The molecular weight excluding hydrogens is 282 g/mol. The largest absolute Gasteiger partial charge is 0.335 e. The Morgan fingerprint density at radius 2 is 2.05 bits per heavy atom. The van der Waals surface area contributed by atoms with Crippen LogP contribution in [0.3, 0.4) is 0 Å². The second-order valence-electron chi connectivity index (χ2n) is 7.04. The van der Waals surface area contributed by atoms with Gasteiger partial charge in [-0.15, -0.1) is 11.3 Å². The maximum absolute atomic E-state index is 12.3. The average molecular weight is 307 g/mol. The Hall–Kier alpha value is -1.16. The quantitative estimate of drug-likeness (QED) is 0.794. The van der Waals surface area contributed by atoms with E-state index in [-0.39, 0.29) is 23.7 Å². The molecule has 1 atom stereocenters. The van der Waals surface area contributed by atoms with Gasteiger partial charge >= 0.3 is 0 Å². The Balaban J connectivity index is 2.00. The van der Waals surface area contributed by atoms with E-state index in [4.69, 9.17) is 0 Å². The van der Waals surface area contributed by atoms with Crippen molar-refractivity contribution < 1.29 is 9.59 Å². The molecule has 2 heterocycles. The van der Waals surface area contributed by atoms with Gasteiger partial charge in [-0.2, -0.15) is 0 Å². The van der Waals surface area contributed by atoms with Gasteiger partial charge in [0.15, 0.2) is 5.78 Å². The molecule has 21 heavy (non-hydrogen) atoms. The SMILES string of the molecule is Cc1ccc(C(=O)CN2CCC(C(C)(C)C)CCC2=O)s1. The lowest BCUT2D eigenvalue weighted by Gasteiger charge is -2.29. The molecule has 1 amide bonds. The van der Waals surface area contributed by atoms with Crippen LogP contribution < -0.4 is 0 Å². The Morgan fingerprint density at radius 1 is 1.33 bits per heavy atom. The molecule has 0 spiro atoms. The smallest absolute Gasteiger partial charge is 0.222 e. The minimum atomic E-state index is 0.0654. The zero-order valence-corrected chi connectivity index (χ0v) is 14.3. The molecule has 2 rings (SSSR count). The fourth-order valence-corrected chi connectivity index (χ4v) is 3.70. The van der Waals surface area contributed by atoms with Crippen molar-refractivity contribution in [2.45, 2.75) is 47.0 Å². The van der Waals surface area contributed by atoms with E-state index >= 15 is 0 Å². The number of aryl methyl sites for hydroxylation is 1. The summed E-state index contributed by atoms with van der Waals surface area (Å²) >= 11 is 1.51. The van der Waals surface area contributed by atoms with Gasteiger partial charge in [-0.25, -0.2) is 0 Å². The molecule has 1 unspecified atom stereocenters. The van der Waals surface area contributed by atoms with Crippen LogP contribution in [0.5, 0.6) is 0 Å². The van der Waals surface area contributed by atoms with Crippen molar-refractivity contribution in [2.24, 2.45) is 11.3 Å². The molecule has 1 aliphatic heterocycles. The number of likely N-dealkylation sites (tertiary alicyclic amines) is 1. The van der Waals surface area contributed by atoms with Crippen molar-refractivity contribution >= 4 is 23.0 Å². The van der Waals surface area contributed by atoms with E-state index in [0.717, 1.165) is 22.6 Å². The monoisotopic (exact) mass is 307 g/mol. The number of thiophene rings is 1.